The van der Waals surface area contributed by atoms with Gasteiger partial charge in [-0.3, -0.25) is 4.79 Å². The molecule has 0 radical (unpaired) electrons. The van der Waals surface area contributed by atoms with Crippen molar-refractivity contribution in [1.29, 1.82) is 0 Å². The molecule has 0 amide bonds. The van der Waals surface area contributed by atoms with E-state index in [0.29, 0.717) is 17.8 Å². The molecule has 0 spiro atoms. The summed E-state index contributed by atoms with van der Waals surface area (Å²) in [5, 5.41) is 3.97. The number of halogens is 3. The van der Waals surface area contributed by atoms with Crippen LogP contribution in [0.1, 0.15) is 23.7 Å². The molecule has 30 heavy (non-hydrogen) atoms. The first-order chi connectivity index (χ1) is 14.4. The van der Waals surface area contributed by atoms with Crippen molar-refractivity contribution < 1.29 is 13.2 Å². The molecule has 1 N–H and O–H groups in total. The number of H-pyrrole nitrogens is 1. The van der Waals surface area contributed by atoms with E-state index in [9.17, 15) is 18.0 Å². The van der Waals surface area contributed by atoms with Crippen LogP contribution in [0.15, 0.2) is 34.5 Å². The Morgan fingerprint density at radius 2 is 1.87 bits per heavy atom. The predicted octanol–water partition coefficient (Wildman–Crippen LogP) is 3.17. The lowest BCUT2D eigenvalue weighted by Gasteiger charge is -2.09. The van der Waals surface area contributed by atoms with E-state index in [1.807, 2.05) is 0 Å². The van der Waals surface area contributed by atoms with E-state index in [0.717, 1.165) is 17.8 Å². The van der Waals surface area contributed by atoms with E-state index in [1.165, 1.54) is 23.1 Å². The summed E-state index contributed by atoms with van der Waals surface area (Å²) in [6.07, 6.45) is 4.64. The third kappa shape index (κ3) is 3.56. The normalized spacial score (nSPS) is 11.4. The number of thioether (sulfide) groups is 1. The quantitative estimate of drug-likeness (QED) is 0.385. The second kappa shape index (κ2) is 7.90. The molecule has 3 aromatic heterocycles. The van der Waals surface area contributed by atoms with Crippen LogP contribution in [-0.2, 0) is 12.8 Å². The first kappa shape index (κ1) is 20.1. The van der Waals surface area contributed by atoms with Crippen LogP contribution in [0.5, 0.6) is 0 Å². The van der Waals surface area contributed by atoms with Gasteiger partial charge in [-0.1, -0.05) is 6.92 Å². The highest BCUT2D eigenvalue weighted by atomic mass is 32.2. The second-order valence-corrected chi connectivity index (χ2v) is 7.20. The summed E-state index contributed by atoms with van der Waals surface area (Å²) >= 11 is 0.978. The number of aromatic amines is 1. The van der Waals surface area contributed by atoms with Crippen molar-refractivity contribution in [2.45, 2.75) is 24.8 Å². The van der Waals surface area contributed by atoms with Gasteiger partial charge in [0.1, 0.15) is 28.7 Å². The third-order valence-electron chi connectivity index (χ3n) is 4.55. The van der Waals surface area contributed by atoms with Gasteiger partial charge in [-0.25, -0.2) is 28.2 Å². The zero-order chi connectivity index (χ0) is 21.4. The number of aromatic nitrogens is 6. The van der Waals surface area contributed by atoms with Gasteiger partial charge in [-0.15, -0.1) is 11.8 Å². The van der Waals surface area contributed by atoms with Crippen LogP contribution in [-0.4, -0.2) is 35.8 Å². The molecule has 4 rings (SSSR count). The Hall–Kier alpha value is -3.21. The summed E-state index contributed by atoms with van der Waals surface area (Å²) in [4.78, 5) is 26.9. The van der Waals surface area contributed by atoms with Gasteiger partial charge in [0.05, 0.1) is 11.9 Å². The molecule has 0 aliphatic carbocycles. The molecule has 0 unspecified atom stereocenters. The maximum Gasteiger partial charge on any atom is 0.288 e. The van der Waals surface area contributed by atoms with Crippen molar-refractivity contribution in [1.82, 2.24) is 29.5 Å². The molecule has 154 valence electrons. The van der Waals surface area contributed by atoms with E-state index in [4.69, 9.17) is 0 Å². The average Bonchev–Trinajstić information content (AvgIpc) is 3.21. The number of hydrogen-bond donors (Lipinski definition) is 1. The average molecular weight is 432 g/mol. The zero-order valence-corrected chi connectivity index (χ0v) is 16.7. The van der Waals surface area contributed by atoms with Crippen molar-refractivity contribution in [3.8, 4) is 11.5 Å². The molecule has 7 nitrogen and oxygen atoms in total. The molecule has 0 fully saturated rings. The Kier molecular flexibility index (Phi) is 5.29. The Labute approximate surface area is 172 Å². The monoisotopic (exact) mass is 432 g/mol. The van der Waals surface area contributed by atoms with E-state index >= 15 is 0 Å². The standard InChI is InChI=1S/C19H15F3N6OS/c1-3-9-4-12(21)10(5-11(9)20)6-13-17-23-8-24-28(17)7-14(25-13)16-26-18(29)15(22)19(27-16)30-2/h4-5,7-8H,3,6H2,1-2H3,(H,26,27,29). The lowest BCUT2D eigenvalue weighted by Crippen LogP contribution is -2.16. The van der Waals surface area contributed by atoms with Crippen LogP contribution in [0.2, 0.25) is 0 Å². The van der Waals surface area contributed by atoms with Crippen LogP contribution in [0.3, 0.4) is 0 Å². The van der Waals surface area contributed by atoms with Crippen molar-refractivity contribution in [2.24, 2.45) is 0 Å². The van der Waals surface area contributed by atoms with E-state index in [-0.39, 0.29) is 34.1 Å². The topological polar surface area (TPSA) is 88.8 Å². The molecular weight excluding hydrogens is 417 g/mol. The van der Waals surface area contributed by atoms with Crippen LogP contribution >= 0.6 is 11.8 Å². The maximum absolute atomic E-state index is 14.5. The number of nitrogens with zero attached hydrogens (tertiary/aromatic N) is 5. The Balaban J connectivity index is 1.85. The largest absolute Gasteiger partial charge is 0.303 e. The molecular formula is C19H15F3N6OS. The fraction of sp³-hybridized carbons (Fsp3) is 0.211. The number of nitrogens with one attached hydrogen (secondary N) is 1. The van der Waals surface area contributed by atoms with E-state index in [2.05, 4.69) is 25.0 Å². The van der Waals surface area contributed by atoms with Gasteiger partial charge < -0.3 is 4.98 Å². The molecule has 0 saturated carbocycles. The lowest BCUT2D eigenvalue weighted by molar-refractivity contribution is 0.566. The summed E-state index contributed by atoms with van der Waals surface area (Å²) < 4.78 is 43.9. The van der Waals surface area contributed by atoms with Gasteiger partial charge in [-0.05, 0) is 35.9 Å². The van der Waals surface area contributed by atoms with Crippen molar-refractivity contribution in [3.63, 3.8) is 0 Å². The summed E-state index contributed by atoms with van der Waals surface area (Å²) in [7, 11) is 0. The summed E-state index contributed by atoms with van der Waals surface area (Å²) in [5.41, 5.74) is 0.266. The van der Waals surface area contributed by atoms with E-state index < -0.39 is 23.0 Å². The van der Waals surface area contributed by atoms with Gasteiger partial charge in [0.15, 0.2) is 11.5 Å². The Morgan fingerprint density at radius 1 is 1.13 bits per heavy atom. The first-order valence-electron chi connectivity index (χ1n) is 8.91. The third-order valence-corrected chi connectivity index (χ3v) is 5.21. The minimum atomic E-state index is -0.984. The molecule has 0 aliphatic heterocycles. The summed E-state index contributed by atoms with van der Waals surface area (Å²) in [6, 6.07) is 2.30. The number of hydrogen-bond acceptors (Lipinski definition) is 6. The van der Waals surface area contributed by atoms with Crippen molar-refractivity contribution >= 4 is 17.4 Å². The van der Waals surface area contributed by atoms with Crippen molar-refractivity contribution in [2.75, 3.05) is 6.26 Å². The SMILES string of the molecule is CCc1cc(F)c(Cc2nc(-c3nc(SC)c(F)c(=O)[nH]3)cn3ncnc23)cc1F. The predicted molar refractivity (Wildman–Crippen MR) is 105 cm³/mol. The molecule has 0 aliphatic rings. The molecule has 0 atom stereocenters. The zero-order valence-electron chi connectivity index (χ0n) is 15.9. The molecule has 3 heterocycles. The fourth-order valence-electron chi connectivity index (χ4n) is 3.03. The van der Waals surface area contributed by atoms with Gasteiger partial charge in [-0.2, -0.15) is 9.49 Å². The fourth-order valence-corrected chi connectivity index (χ4v) is 3.49. The van der Waals surface area contributed by atoms with E-state index in [1.54, 1.807) is 13.2 Å². The molecule has 11 heteroatoms. The van der Waals surface area contributed by atoms with Crippen LogP contribution in [0, 0.1) is 17.5 Å². The second-order valence-electron chi connectivity index (χ2n) is 6.40. The molecule has 0 saturated heterocycles. The summed E-state index contributed by atoms with van der Waals surface area (Å²) in [6.45, 7) is 1.74. The highest BCUT2D eigenvalue weighted by Crippen LogP contribution is 2.23. The smallest absolute Gasteiger partial charge is 0.288 e. The minimum Gasteiger partial charge on any atom is -0.303 e. The van der Waals surface area contributed by atoms with Gasteiger partial charge >= 0.3 is 0 Å². The number of benzene rings is 1. The molecule has 4 aromatic rings. The maximum atomic E-state index is 14.5. The van der Waals surface area contributed by atoms with Gasteiger partial charge in [0, 0.05) is 6.42 Å². The molecule has 0 bridgehead atoms. The minimum absolute atomic E-state index is 0.0254. The highest BCUT2D eigenvalue weighted by molar-refractivity contribution is 7.98. The van der Waals surface area contributed by atoms with Crippen LogP contribution in [0.4, 0.5) is 13.2 Å². The lowest BCUT2D eigenvalue weighted by atomic mass is 10.0. The number of aryl methyl sites for hydroxylation is 1. The van der Waals surface area contributed by atoms with Crippen LogP contribution in [0.25, 0.3) is 17.2 Å². The number of rotatable bonds is 5. The number of fused-ring (bicyclic) bond motifs is 1. The summed E-state index contributed by atoms with van der Waals surface area (Å²) in [5.74, 6) is -2.02. The Bertz CT molecular complexity index is 1320. The Morgan fingerprint density at radius 3 is 2.60 bits per heavy atom. The van der Waals surface area contributed by atoms with Gasteiger partial charge in [0.2, 0.25) is 5.82 Å². The first-order valence-corrected chi connectivity index (χ1v) is 10.1. The van der Waals surface area contributed by atoms with Crippen LogP contribution < -0.4 is 5.56 Å². The molecule has 1 aromatic carbocycles. The van der Waals surface area contributed by atoms with Gasteiger partial charge in [0.25, 0.3) is 5.56 Å². The van der Waals surface area contributed by atoms with Crippen molar-refractivity contribution in [3.05, 3.63) is 69.3 Å². The highest BCUT2D eigenvalue weighted by Gasteiger charge is 2.18.